The second kappa shape index (κ2) is 9.07. The van der Waals surface area contributed by atoms with E-state index in [4.69, 9.17) is 12.3 Å². The van der Waals surface area contributed by atoms with Gasteiger partial charge in [0.05, 0.1) is 33.4 Å². The molecule has 5 aromatic carbocycles. The van der Waals surface area contributed by atoms with Crippen molar-refractivity contribution < 1.29 is 31.4 Å². The fourth-order valence-electron chi connectivity index (χ4n) is 4.54. The van der Waals surface area contributed by atoms with E-state index in [1.807, 2.05) is 18.2 Å². The second-order valence-electron chi connectivity index (χ2n) is 7.97. The van der Waals surface area contributed by atoms with E-state index in [-0.39, 0.29) is 22.1 Å². The molecule has 172 valence electrons. The lowest BCUT2D eigenvalue weighted by Crippen LogP contribution is -2.04. The summed E-state index contributed by atoms with van der Waals surface area (Å²) < 4.78 is 78.7. The highest BCUT2D eigenvalue weighted by Gasteiger charge is 2.21. The lowest BCUT2D eigenvalue weighted by molar-refractivity contribution is 0.0592. The Bertz CT molecular complexity index is 1890. The van der Waals surface area contributed by atoms with Gasteiger partial charge in [0.25, 0.3) is 0 Å². The van der Waals surface area contributed by atoms with Crippen LogP contribution in [0.5, 0.6) is 0 Å². The summed E-state index contributed by atoms with van der Waals surface area (Å²) in [6, 6.07) is 24.8. The fraction of sp³-hybridized carbons (Fsp3) is 0.0968. The van der Waals surface area contributed by atoms with Crippen LogP contribution in [0.15, 0.2) is 91.0 Å². The average Bonchev–Trinajstić information content (AvgIpc) is 2.94. The van der Waals surface area contributed by atoms with Gasteiger partial charge in [-0.2, -0.15) is 0 Å². The zero-order valence-corrected chi connectivity index (χ0v) is 18.3. The molecule has 0 spiro atoms. The van der Waals surface area contributed by atoms with Gasteiger partial charge >= 0.3 is 11.9 Å². The van der Waals surface area contributed by atoms with Crippen LogP contribution in [0.1, 0.15) is 38.6 Å². The molecule has 0 aliphatic rings. The van der Waals surface area contributed by atoms with Gasteiger partial charge in [0.15, 0.2) is 0 Å². The quantitative estimate of drug-likeness (QED) is 0.206. The number of aryl methyl sites for hydroxylation is 1. The summed E-state index contributed by atoms with van der Waals surface area (Å²) >= 11 is 0. The van der Waals surface area contributed by atoms with Crippen molar-refractivity contribution in [2.75, 3.05) is 14.1 Å². The number of esters is 2. The molecule has 0 amide bonds. The molecule has 5 aromatic rings. The van der Waals surface area contributed by atoms with Crippen molar-refractivity contribution in [3.63, 3.8) is 0 Å². The Morgan fingerprint density at radius 1 is 0.629 bits per heavy atom. The molecule has 4 nitrogen and oxygen atoms in total. The summed E-state index contributed by atoms with van der Waals surface area (Å²) in [5.74, 6) is -2.31. The Balaban J connectivity index is 2.01. The summed E-state index contributed by atoms with van der Waals surface area (Å²) in [6.45, 7) is -2.78. The molecular weight excluding hydrogens is 436 g/mol. The van der Waals surface area contributed by atoms with Gasteiger partial charge in [0.1, 0.15) is 0 Å². The maximum Gasteiger partial charge on any atom is 0.337 e. The van der Waals surface area contributed by atoms with E-state index in [1.165, 1.54) is 24.3 Å². The van der Waals surface area contributed by atoms with E-state index in [1.54, 1.807) is 42.5 Å². The first-order valence-corrected chi connectivity index (χ1v) is 10.7. The number of ether oxygens (including phenoxy) is 2. The van der Waals surface area contributed by atoms with Crippen molar-refractivity contribution in [3.05, 3.63) is 108 Å². The number of fused-ring (bicyclic) bond motifs is 3. The maximum absolute atomic E-state index is 13.0. The first-order valence-electron chi connectivity index (χ1n) is 15.2. The minimum absolute atomic E-state index is 0.0718. The fourth-order valence-corrected chi connectivity index (χ4v) is 4.54. The van der Waals surface area contributed by atoms with E-state index in [0.29, 0.717) is 38.4 Å². The van der Waals surface area contributed by atoms with E-state index in [0.717, 1.165) is 6.07 Å². The molecule has 5 rings (SSSR count). The summed E-state index contributed by atoms with van der Waals surface area (Å²) in [7, 11) is -6.05. The largest absolute Gasteiger partial charge is 0.465 e. The van der Waals surface area contributed by atoms with Crippen LogP contribution in [0, 0.1) is 6.85 Å². The number of benzene rings is 5. The van der Waals surface area contributed by atoms with Gasteiger partial charge in [0.2, 0.25) is 0 Å². The van der Waals surface area contributed by atoms with E-state index >= 15 is 0 Å². The molecule has 0 unspecified atom stereocenters. The number of rotatable bonds is 4. The van der Waals surface area contributed by atoms with Gasteiger partial charge in [-0.25, -0.2) is 9.59 Å². The van der Waals surface area contributed by atoms with Crippen molar-refractivity contribution in [2.24, 2.45) is 0 Å². The molecule has 4 heteroatoms. The number of methoxy groups -OCH3 is 2. The van der Waals surface area contributed by atoms with E-state index < -0.39 is 32.9 Å². The third-order valence-corrected chi connectivity index (χ3v) is 6.00. The Hall–Kier alpha value is -4.44. The molecule has 0 fully saturated rings. The zero-order valence-electron chi connectivity index (χ0n) is 27.3. The Kier molecular flexibility index (Phi) is 3.65. The Labute approximate surface area is 216 Å². The number of hydrogen-bond donors (Lipinski definition) is 0. The van der Waals surface area contributed by atoms with Gasteiger partial charge in [-0.1, -0.05) is 66.7 Å². The number of carbonyl (C=O) groups excluding carboxylic acids is 2. The topological polar surface area (TPSA) is 52.6 Å². The van der Waals surface area contributed by atoms with Gasteiger partial charge in [-0.3, -0.25) is 0 Å². The highest BCUT2D eigenvalue weighted by Crippen LogP contribution is 2.46. The number of carbonyl (C=O) groups is 2. The van der Waals surface area contributed by atoms with Crippen LogP contribution >= 0.6 is 0 Å². The summed E-state index contributed by atoms with van der Waals surface area (Å²) in [4.78, 5) is 25.9. The summed E-state index contributed by atoms with van der Waals surface area (Å²) in [5.41, 5.74) is 1.77. The second-order valence-corrected chi connectivity index (χ2v) is 7.97. The van der Waals surface area contributed by atoms with Crippen LogP contribution in [0.3, 0.4) is 0 Å². The van der Waals surface area contributed by atoms with E-state index in [9.17, 15) is 9.59 Å². The lowest BCUT2D eigenvalue weighted by Gasteiger charge is -2.21. The molecule has 0 aliphatic carbocycles. The Morgan fingerprint density at radius 2 is 1.20 bits per heavy atom. The van der Waals surface area contributed by atoms with Gasteiger partial charge in [-0.05, 0) is 80.5 Å². The zero-order chi connectivity index (χ0) is 32.0. The monoisotopic (exact) mass is 469 g/mol. The third kappa shape index (κ3) is 3.83. The smallest absolute Gasteiger partial charge is 0.337 e. The molecule has 0 radical (unpaired) electrons. The maximum atomic E-state index is 13.0. The van der Waals surface area contributed by atoms with Crippen molar-refractivity contribution in [1.29, 1.82) is 0 Å². The predicted octanol–water partition coefficient (Wildman–Crippen LogP) is 7.21. The summed E-state index contributed by atoms with van der Waals surface area (Å²) in [5, 5.41) is 1.38. The molecular formula is C31H24O4. The van der Waals surface area contributed by atoms with Gasteiger partial charge < -0.3 is 9.47 Å². The first-order chi connectivity index (χ1) is 20.5. The molecule has 0 N–H and O–H groups in total. The standard InChI is InChI=1S/C31H24O4/c1-19-16-23(31(33)35-3)18-26-27(19)24-15-14-22(30(32)34-2)17-25(24)28(20-10-6-4-7-11-20)29(26)21-12-8-5-9-13-21/h4-18H,1-3H3/i1D3,2D3,3D3. The SMILES string of the molecule is [2H]C([2H])([2H])OC(=O)c1ccc2c(c1)c(-c1ccccc1)c(-c1ccccc1)c1cc(C(=O)OC([2H])([2H])[2H])cc(C([2H])([2H])[2H])c12. The van der Waals surface area contributed by atoms with Crippen molar-refractivity contribution in [1.82, 2.24) is 0 Å². The van der Waals surface area contributed by atoms with Crippen LogP contribution in [-0.4, -0.2) is 26.0 Å². The third-order valence-electron chi connectivity index (χ3n) is 6.00. The van der Waals surface area contributed by atoms with Gasteiger partial charge in [0, 0.05) is 4.11 Å². The predicted molar refractivity (Wildman–Crippen MR) is 140 cm³/mol. The lowest BCUT2D eigenvalue weighted by atomic mass is 9.83. The minimum Gasteiger partial charge on any atom is -0.465 e. The highest BCUT2D eigenvalue weighted by atomic mass is 16.5. The normalized spacial score (nSPS) is 15.8. The van der Waals surface area contributed by atoms with Crippen LogP contribution < -0.4 is 0 Å². The molecule has 35 heavy (non-hydrogen) atoms. The van der Waals surface area contributed by atoms with Crippen LogP contribution in [0.25, 0.3) is 43.8 Å². The molecule has 0 heterocycles. The molecule has 0 aromatic heterocycles. The van der Waals surface area contributed by atoms with Crippen molar-refractivity contribution in [2.45, 2.75) is 6.85 Å². The van der Waals surface area contributed by atoms with Crippen LogP contribution in [0.2, 0.25) is 0 Å². The molecule has 0 atom stereocenters. The highest BCUT2D eigenvalue weighted by molar-refractivity contribution is 6.24. The van der Waals surface area contributed by atoms with Crippen molar-refractivity contribution >= 4 is 33.5 Å². The van der Waals surface area contributed by atoms with E-state index in [2.05, 4.69) is 9.47 Å². The first kappa shape index (κ1) is 14.1. The Morgan fingerprint density at radius 3 is 1.80 bits per heavy atom. The average molecular weight is 470 g/mol. The van der Waals surface area contributed by atoms with Gasteiger partial charge in [-0.15, -0.1) is 0 Å². The summed E-state index contributed by atoms with van der Waals surface area (Å²) in [6.07, 6.45) is 0. The molecule has 0 saturated carbocycles. The minimum atomic E-state index is -3.06. The van der Waals surface area contributed by atoms with Crippen molar-refractivity contribution in [3.8, 4) is 22.3 Å². The molecule has 0 saturated heterocycles. The number of hydrogen-bond acceptors (Lipinski definition) is 4. The molecule has 0 aliphatic heterocycles. The van der Waals surface area contributed by atoms with Crippen LogP contribution in [-0.2, 0) is 9.47 Å². The van der Waals surface area contributed by atoms with Crippen LogP contribution in [0.4, 0.5) is 0 Å². The molecule has 0 bridgehead atoms.